The highest BCUT2D eigenvalue weighted by Gasteiger charge is 2.23. The first-order valence-electron chi connectivity index (χ1n) is 5.63. The Hall–Kier alpha value is -2.24. The molecule has 1 aromatic carbocycles. The topological polar surface area (TPSA) is 52.3 Å². The summed E-state index contributed by atoms with van der Waals surface area (Å²) in [5.74, 6) is -2.34. The van der Waals surface area contributed by atoms with Gasteiger partial charge in [0.05, 0.1) is 6.61 Å². The number of ether oxygens (including phenoxy) is 1. The normalized spacial score (nSPS) is 10.5. The largest absolute Gasteiger partial charge is 0.462 e. The van der Waals surface area contributed by atoms with Gasteiger partial charge < -0.3 is 9.26 Å². The molecule has 0 aliphatic heterocycles. The summed E-state index contributed by atoms with van der Waals surface area (Å²) < 4.78 is 35.9. The molecule has 19 heavy (non-hydrogen) atoms. The van der Waals surface area contributed by atoms with E-state index in [1.54, 1.807) is 13.8 Å². The molecule has 0 unspecified atom stereocenters. The number of hydrogen-bond acceptors (Lipinski definition) is 4. The summed E-state index contributed by atoms with van der Waals surface area (Å²) in [6.45, 7) is 3.40. The molecule has 0 saturated carbocycles. The predicted octanol–water partition coefficient (Wildman–Crippen LogP) is 3.10. The predicted molar refractivity (Wildman–Crippen MR) is 62.5 cm³/mol. The van der Waals surface area contributed by atoms with E-state index in [4.69, 9.17) is 9.26 Å². The zero-order chi connectivity index (χ0) is 14.0. The minimum Gasteiger partial charge on any atom is -0.462 e. The van der Waals surface area contributed by atoms with E-state index < -0.39 is 17.6 Å². The zero-order valence-electron chi connectivity index (χ0n) is 10.4. The van der Waals surface area contributed by atoms with Gasteiger partial charge in [0, 0.05) is 5.56 Å². The molecule has 0 saturated heterocycles. The van der Waals surface area contributed by atoms with Gasteiger partial charge in [0.2, 0.25) is 0 Å². The van der Waals surface area contributed by atoms with Gasteiger partial charge in [0.1, 0.15) is 17.0 Å². The van der Waals surface area contributed by atoms with Crippen LogP contribution < -0.4 is 0 Å². The van der Waals surface area contributed by atoms with E-state index in [-0.39, 0.29) is 29.2 Å². The molecule has 0 radical (unpaired) electrons. The van der Waals surface area contributed by atoms with Gasteiger partial charge in [-0.1, -0.05) is 5.16 Å². The van der Waals surface area contributed by atoms with E-state index in [1.165, 1.54) is 6.07 Å². The molecular formula is C13H11F2NO3. The first-order chi connectivity index (χ1) is 9.04. The van der Waals surface area contributed by atoms with Crippen LogP contribution >= 0.6 is 0 Å². The first-order valence-corrected chi connectivity index (χ1v) is 5.63. The molecule has 2 rings (SSSR count). The van der Waals surface area contributed by atoms with E-state index >= 15 is 0 Å². The molecule has 1 aromatic heterocycles. The number of carbonyl (C=O) groups is 1. The zero-order valence-corrected chi connectivity index (χ0v) is 10.4. The van der Waals surface area contributed by atoms with Crippen LogP contribution in [0.4, 0.5) is 8.78 Å². The van der Waals surface area contributed by atoms with Crippen molar-refractivity contribution in [3.8, 4) is 11.3 Å². The van der Waals surface area contributed by atoms with Gasteiger partial charge in [-0.25, -0.2) is 13.6 Å². The van der Waals surface area contributed by atoms with Crippen molar-refractivity contribution in [1.82, 2.24) is 5.16 Å². The summed E-state index contributed by atoms with van der Waals surface area (Å²) in [5.41, 5.74) is 0.501. The lowest BCUT2D eigenvalue weighted by Gasteiger charge is -2.03. The summed E-state index contributed by atoms with van der Waals surface area (Å²) in [5, 5.41) is 3.70. The van der Waals surface area contributed by atoms with E-state index in [0.717, 1.165) is 12.1 Å². The standard InChI is InChI=1S/C13H11F2NO3/c1-3-18-13(17)11-7(2)19-16-12(11)8-4-5-9(14)10(15)6-8/h4-6H,3H2,1-2H3. The van der Waals surface area contributed by atoms with Gasteiger partial charge in [-0.3, -0.25) is 0 Å². The van der Waals surface area contributed by atoms with Crippen LogP contribution in [0.15, 0.2) is 22.7 Å². The van der Waals surface area contributed by atoms with Crippen molar-refractivity contribution in [3.05, 3.63) is 41.2 Å². The van der Waals surface area contributed by atoms with Crippen LogP contribution in [0, 0.1) is 18.6 Å². The number of hydrogen-bond donors (Lipinski definition) is 0. The van der Waals surface area contributed by atoms with Crippen molar-refractivity contribution in [2.75, 3.05) is 6.61 Å². The maximum atomic E-state index is 13.2. The van der Waals surface area contributed by atoms with Crippen LogP contribution in [0.25, 0.3) is 11.3 Å². The van der Waals surface area contributed by atoms with Crippen molar-refractivity contribution in [3.63, 3.8) is 0 Å². The van der Waals surface area contributed by atoms with Gasteiger partial charge in [0.25, 0.3) is 0 Å². The van der Waals surface area contributed by atoms with E-state index in [9.17, 15) is 13.6 Å². The number of nitrogens with zero attached hydrogens (tertiary/aromatic N) is 1. The Kier molecular flexibility index (Phi) is 3.59. The summed E-state index contributed by atoms with van der Waals surface area (Å²) in [7, 11) is 0. The SMILES string of the molecule is CCOC(=O)c1c(-c2ccc(F)c(F)c2)noc1C. The van der Waals surface area contributed by atoms with Crippen molar-refractivity contribution in [2.45, 2.75) is 13.8 Å². The Bertz CT molecular complexity index is 622. The summed E-state index contributed by atoms with van der Waals surface area (Å²) in [6, 6.07) is 3.23. The van der Waals surface area contributed by atoms with Crippen LogP contribution in [0.3, 0.4) is 0 Å². The fourth-order valence-corrected chi connectivity index (χ4v) is 1.66. The molecule has 6 heteroatoms. The number of benzene rings is 1. The third-order valence-electron chi connectivity index (χ3n) is 2.54. The van der Waals surface area contributed by atoms with Gasteiger partial charge in [0.15, 0.2) is 11.6 Å². The quantitative estimate of drug-likeness (QED) is 0.802. The molecule has 0 amide bonds. The van der Waals surface area contributed by atoms with Crippen LogP contribution in [0.5, 0.6) is 0 Å². The van der Waals surface area contributed by atoms with E-state index in [2.05, 4.69) is 5.16 Å². The van der Waals surface area contributed by atoms with Crippen molar-refractivity contribution in [1.29, 1.82) is 0 Å². The maximum Gasteiger partial charge on any atom is 0.344 e. The molecule has 2 aromatic rings. The second-order valence-electron chi connectivity index (χ2n) is 3.81. The highest BCUT2D eigenvalue weighted by atomic mass is 19.2. The van der Waals surface area contributed by atoms with Crippen LogP contribution in [0.2, 0.25) is 0 Å². The maximum absolute atomic E-state index is 13.2. The molecule has 0 aliphatic carbocycles. The third kappa shape index (κ3) is 2.47. The van der Waals surface area contributed by atoms with Crippen LogP contribution in [0.1, 0.15) is 23.0 Å². The number of aromatic nitrogens is 1. The van der Waals surface area contributed by atoms with E-state index in [1.807, 2.05) is 0 Å². The molecule has 0 aliphatic rings. The van der Waals surface area contributed by atoms with Gasteiger partial charge in [-0.05, 0) is 32.0 Å². The number of rotatable bonds is 3. The number of halogens is 2. The number of aryl methyl sites for hydroxylation is 1. The molecule has 4 nitrogen and oxygen atoms in total. The lowest BCUT2D eigenvalue weighted by atomic mass is 10.1. The number of carbonyl (C=O) groups excluding carboxylic acids is 1. The molecule has 0 spiro atoms. The summed E-state index contributed by atoms with van der Waals surface area (Å²) in [4.78, 5) is 11.8. The highest BCUT2D eigenvalue weighted by molar-refractivity contribution is 5.97. The smallest absolute Gasteiger partial charge is 0.344 e. The Balaban J connectivity index is 2.50. The van der Waals surface area contributed by atoms with Crippen molar-refractivity contribution < 1.29 is 22.8 Å². The Morgan fingerprint density at radius 1 is 1.37 bits per heavy atom. The second-order valence-corrected chi connectivity index (χ2v) is 3.81. The monoisotopic (exact) mass is 267 g/mol. The lowest BCUT2D eigenvalue weighted by Crippen LogP contribution is -2.06. The summed E-state index contributed by atoms with van der Waals surface area (Å²) >= 11 is 0. The average molecular weight is 267 g/mol. The van der Waals surface area contributed by atoms with Crippen molar-refractivity contribution in [2.24, 2.45) is 0 Å². The molecule has 0 fully saturated rings. The molecule has 0 atom stereocenters. The van der Waals surface area contributed by atoms with E-state index in [0.29, 0.717) is 0 Å². The lowest BCUT2D eigenvalue weighted by molar-refractivity contribution is 0.0525. The molecular weight excluding hydrogens is 256 g/mol. The van der Waals surface area contributed by atoms with Crippen molar-refractivity contribution >= 4 is 5.97 Å². The number of esters is 1. The highest BCUT2D eigenvalue weighted by Crippen LogP contribution is 2.27. The summed E-state index contributed by atoms with van der Waals surface area (Å²) in [6.07, 6.45) is 0. The Labute approximate surface area is 108 Å². The minimum absolute atomic E-state index is 0.118. The minimum atomic E-state index is -1.02. The Morgan fingerprint density at radius 3 is 2.74 bits per heavy atom. The van der Waals surface area contributed by atoms with Crippen LogP contribution in [-0.2, 0) is 4.74 Å². The van der Waals surface area contributed by atoms with Crippen LogP contribution in [-0.4, -0.2) is 17.7 Å². The third-order valence-corrected chi connectivity index (χ3v) is 2.54. The van der Waals surface area contributed by atoms with Gasteiger partial charge in [-0.2, -0.15) is 0 Å². The second kappa shape index (κ2) is 5.17. The Morgan fingerprint density at radius 2 is 2.11 bits per heavy atom. The average Bonchev–Trinajstić information content (AvgIpc) is 2.75. The molecule has 100 valence electrons. The molecule has 0 bridgehead atoms. The first kappa shape index (κ1) is 13.2. The fourth-order valence-electron chi connectivity index (χ4n) is 1.66. The van der Waals surface area contributed by atoms with Gasteiger partial charge >= 0.3 is 5.97 Å². The fraction of sp³-hybridized carbons (Fsp3) is 0.231. The molecule has 0 N–H and O–H groups in total. The van der Waals surface area contributed by atoms with Gasteiger partial charge in [-0.15, -0.1) is 0 Å². The molecule has 1 heterocycles.